The molecule has 1 aliphatic rings. The van der Waals surface area contributed by atoms with Gasteiger partial charge in [-0.1, -0.05) is 6.42 Å². The summed E-state index contributed by atoms with van der Waals surface area (Å²) in [6.07, 6.45) is 7.79. The van der Waals surface area contributed by atoms with Gasteiger partial charge < -0.3 is 15.5 Å². The van der Waals surface area contributed by atoms with Gasteiger partial charge in [0.15, 0.2) is 0 Å². The van der Waals surface area contributed by atoms with Gasteiger partial charge in [0.1, 0.15) is 5.76 Å². The number of furan rings is 1. The van der Waals surface area contributed by atoms with E-state index in [9.17, 15) is 0 Å². The van der Waals surface area contributed by atoms with Gasteiger partial charge in [-0.15, -0.1) is 0 Å². The van der Waals surface area contributed by atoms with Crippen molar-refractivity contribution in [2.45, 2.75) is 51.1 Å². The van der Waals surface area contributed by atoms with Crippen molar-refractivity contribution in [2.24, 2.45) is 11.7 Å². The molecule has 3 unspecified atom stereocenters. The normalized spacial score (nSPS) is 26.2. The second kappa shape index (κ2) is 6.22. The Kier molecular flexibility index (Phi) is 4.63. The van der Waals surface area contributed by atoms with E-state index in [1.54, 1.807) is 6.26 Å². The number of aryl methyl sites for hydroxylation is 1. The van der Waals surface area contributed by atoms with Gasteiger partial charge >= 0.3 is 0 Å². The maximum absolute atomic E-state index is 5.80. The summed E-state index contributed by atoms with van der Waals surface area (Å²) in [6, 6.07) is 5.17. The van der Waals surface area contributed by atoms with Crippen molar-refractivity contribution < 1.29 is 4.42 Å². The maximum atomic E-state index is 5.80. The molecule has 1 aliphatic carbocycles. The molecule has 17 heavy (non-hydrogen) atoms. The summed E-state index contributed by atoms with van der Waals surface area (Å²) in [5.74, 6) is 1.77. The molecule has 1 aromatic rings. The van der Waals surface area contributed by atoms with E-state index in [4.69, 9.17) is 10.2 Å². The first-order chi connectivity index (χ1) is 8.29. The standard InChI is InChI=1S/C14H24N2O/c1-11(7-8-13-5-3-9-17-13)16-14-6-2-4-12(14)10-15/h3,5,9,11-12,14,16H,2,4,6-8,10,15H2,1H3. The molecular weight excluding hydrogens is 212 g/mol. The first kappa shape index (κ1) is 12.7. The Morgan fingerprint density at radius 1 is 1.53 bits per heavy atom. The molecule has 1 heterocycles. The Morgan fingerprint density at radius 2 is 2.41 bits per heavy atom. The van der Waals surface area contributed by atoms with Crippen LogP contribution in [0.2, 0.25) is 0 Å². The summed E-state index contributed by atoms with van der Waals surface area (Å²) in [4.78, 5) is 0. The van der Waals surface area contributed by atoms with Gasteiger partial charge in [0.25, 0.3) is 0 Å². The Hall–Kier alpha value is -0.800. The summed E-state index contributed by atoms with van der Waals surface area (Å²) in [5, 5.41) is 3.72. The van der Waals surface area contributed by atoms with Crippen LogP contribution in [0.15, 0.2) is 22.8 Å². The summed E-state index contributed by atoms with van der Waals surface area (Å²) in [6.45, 7) is 3.08. The van der Waals surface area contributed by atoms with Crippen molar-refractivity contribution >= 4 is 0 Å². The quantitative estimate of drug-likeness (QED) is 0.797. The molecule has 1 aromatic heterocycles. The van der Waals surface area contributed by atoms with E-state index in [2.05, 4.69) is 12.2 Å². The number of nitrogens with two attached hydrogens (primary N) is 1. The summed E-state index contributed by atoms with van der Waals surface area (Å²) < 4.78 is 5.35. The van der Waals surface area contributed by atoms with Crippen molar-refractivity contribution in [1.29, 1.82) is 0 Å². The SMILES string of the molecule is CC(CCc1ccco1)NC1CCCC1CN. The van der Waals surface area contributed by atoms with Crippen LogP contribution in [0.4, 0.5) is 0 Å². The summed E-state index contributed by atoms with van der Waals surface area (Å²) >= 11 is 0. The molecule has 0 radical (unpaired) electrons. The van der Waals surface area contributed by atoms with Crippen LogP contribution in [-0.2, 0) is 6.42 Å². The highest BCUT2D eigenvalue weighted by molar-refractivity contribution is 4.98. The lowest BCUT2D eigenvalue weighted by molar-refractivity contribution is 0.354. The average Bonchev–Trinajstić information content (AvgIpc) is 2.97. The van der Waals surface area contributed by atoms with E-state index in [0.717, 1.165) is 25.1 Å². The molecule has 0 aliphatic heterocycles. The van der Waals surface area contributed by atoms with E-state index >= 15 is 0 Å². The number of hydrogen-bond donors (Lipinski definition) is 2. The highest BCUT2D eigenvalue weighted by Crippen LogP contribution is 2.25. The first-order valence-corrected chi connectivity index (χ1v) is 6.78. The molecule has 3 atom stereocenters. The second-order valence-electron chi connectivity index (χ2n) is 5.22. The van der Waals surface area contributed by atoms with Crippen LogP contribution >= 0.6 is 0 Å². The molecular formula is C14H24N2O. The molecule has 2 rings (SSSR count). The third kappa shape index (κ3) is 3.58. The second-order valence-corrected chi connectivity index (χ2v) is 5.22. The van der Waals surface area contributed by atoms with Crippen LogP contribution in [0.1, 0.15) is 38.4 Å². The van der Waals surface area contributed by atoms with E-state index in [-0.39, 0.29) is 0 Å². The smallest absolute Gasteiger partial charge is 0.103 e. The van der Waals surface area contributed by atoms with Crippen molar-refractivity contribution in [1.82, 2.24) is 5.32 Å². The lowest BCUT2D eigenvalue weighted by atomic mass is 10.0. The maximum Gasteiger partial charge on any atom is 0.103 e. The molecule has 0 spiro atoms. The zero-order valence-electron chi connectivity index (χ0n) is 10.7. The Labute approximate surface area is 104 Å². The number of nitrogens with one attached hydrogen (secondary N) is 1. The fraction of sp³-hybridized carbons (Fsp3) is 0.714. The van der Waals surface area contributed by atoms with Gasteiger partial charge in [-0.2, -0.15) is 0 Å². The van der Waals surface area contributed by atoms with Gasteiger partial charge in [-0.25, -0.2) is 0 Å². The van der Waals surface area contributed by atoms with Crippen molar-refractivity contribution in [2.75, 3.05) is 6.54 Å². The molecule has 3 heteroatoms. The highest BCUT2D eigenvalue weighted by atomic mass is 16.3. The molecule has 1 saturated carbocycles. The van der Waals surface area contributed by atoms with E-state index < -0.39 is 0 Å². The minimum absolute atomic E-state index is 0.539. The summed E-state index contributed by atoms with van der Waals surface area (Å²) in [7, 11) is 0. The third-order valence-electron chi connectivity index (χ3n) is 3.86. The molecule has 0 aromatic carbocycles. The van der Waals surface area contributed by atoms with E-state index in [1.807, 2.05) is 12.1 Å². The number of hydrogen-bond acceptors (Lipinski definition) is 3. The highest BCUT2D eigenvalue weighted by Gasteiger charge is 2.26. The van der Waals surface area contributed by atoms with Gasteiger partial charge in [-0.3, -0.25) is 0 Å². The van der Waals surface area contributed by atoms with Gasteiger partial charge in [-0.05, 0) is 50.8 Å². The molecule has 96 valence electrons. The van der Waals surface area contributed by atoms with Crippen LogP contribution < -0.4 is 11.1 Å². The van der Waals surface area contributed by atoms with Crippen molar-refractivity contribution in [3.05, 3.63) is 24.2 Å². The molecule has 3 N–H and O–H groups in total. The van der Waals surface area contributed by atoms with Gasteiger partial charge in [0.2, 0.25) is 0 Å². The average molecular weight is 236 g/mol. The number of rotatable bonds is 6. The predicted molar refractivity (Wildman–Crippen MR) is 69.8 cm³/mol. The fourth-order valence-electron chi connectivity index (χ4n) is 2.80. The zero-order valence-corrected chi connectivity index (χ0v) is 10.7. The Bertz CT molecular complexity index is 310. The topological polar surface area (TPSA) is 51.2 Å². The lowest BCUT2D eigenvalue weighted by Crippen LogP contribution is -2.41. The zero-order chi connectivity index (χ0) is 12.1. The Morgan fingerprint density at radius 3 is 3.12 bits per heavy atom. The van der Waals surface area contributed by atoms with Crippen LogP contribution in [0, 0.1) is 5.92 Å². The van der Waals surface area contributed by atoms with Crippen molar-refractivity contribution in [3.8, 4) is 0 Å². The van der Waals surface area contributed by atoms with Crippen molar-refractivity contribution in [3.63, 3.8) is 0 Å². The molecule has 3 nitrogen and oxygen atoms in total. The predicted octanol–water partition coefficient (Wildman–Crippen LogP) is 2.32. The van der Waals surface area contributed by atoms with Crippen LogP contribution in [0.3, 0.4) is 0 Å². The molecule has 0 bridgehead atoms. The Balaban J connectivity index is 1.71. The minimum atomic E-state index is 0.539. The third-order valence-corrected chi connectivity index (χ3v) is 3.86. The lowest BCUT2D eigenvalue weighted by Gasteiger charge is -2.24. The minimum Gasteiger partial charge on any atom is -0.469 e. The fourth-order valence-corrected chi connectivity index (χ4v) is 2.80. The van der Waals surface area contributed by atoms with Gasteiger partial charge in [0.05, 0.1) is 6.26 Å². The van der Waals surface area contributed by atoms with Crippen LogP contribution in [0.5, 0.6) is 0 Å². The van der Waals surface area contributed by atoms with Gasteiger partial charge in [0, 0.05) is 18.5 Å². The largest absolute Gasteiger partial charge is 0.469 e. The monoisotopic (exact) mass is 236 g/mol. The van der Waals surface area contributed by atoms with E-state index in [1.165, 1.54) is 19.3 Å². The van der Waals surface area contributed by atoms with Crippen LogP contribution in [-0.4, -0.2) is 18.6 Å². The van der Waals surface area contributed by atoms with E-state index in [0.29, 0.717) is 18.0 Å². The molecule has 1 fully saturated rings. The first-order valence-electron chi connectivity index (χ1n) is 6.78. The molecule has 0 amide bonds. The summed E-state index contributed by atoms with van der Waals surface area (Å²) in [5.41, 5.74) is 5.80. The van der Waals surface area contributed by atoms with Crippen LogP contribution in [0.25, 0.3) is 0 Å². The molecule has 0 saturated heterocycles.